The maximum Gasteiger partial charge on any atom is 0.491 e. The Morgan fingerprint density at radius 3 is 2.38 bits per heavy atom. The van der Waals surface area contributed by atoms with Crippen molar-refractivity contribution in [3.8, 4) is 22.9 Å². The van der Waals surface area contributed by atoms with Crippen molar-refractivity contribution < 1.29 is 36.6 Å². The number of aromatic nitrogens is 3. The molecule has 0 radical (unpaired) electrons. The largest absolute Gasteiger partial charge is 0.493 e. The first kappa shape index (κ1) is 29.4. The van der Waals surface area contributed by atoms with Crippen LogP contribution in [0.1, 0.15) is 23.0 Å². The number of nitrogens with two attached hydrogens (primary N) is 2. The van der Waals surface area contributed by atoms with Crippen LogP contribution in [0.25, 0.3) is 5.69 Å². The summed E-state index contributed by atoms with van der Waals surface area (Å²) in [6.45, 7) is 0. The van der Waals surface area contributed by atoms with E-state index in [1.165, 1.54) is 32.4 Å². The van der Waals surface area contributed by atoms with Crippen molar-refractivity contribution >= 4 is 23.2 Å². The van der Waals surface area contributed by atoms with E-state index < -0.39 is 41.3 Å². The number of amidine groups is 1. The number of rotatable bonds is 9. The maximum atomic E-state index is 15.5. The molecule has 0 amide bonds. The normalized spacial score (nSPS) is 12.0. The van der Waals surface area contributed by atoms with Crippen molar-refractivity contribution in [2.24, 2.45) is 5.73 Å². The van der Waals surface area contributed by atoms with E-state index in [2.05, 4.69) is 20.1 Å². The molecule has 7 N–H and O–H groups in total. The number of hydrogen-bond acceptors (Lipinski definition) is 9. The van der Waals surface area contributed by atoms with Crippen LogP contribution in [0.15, 0.2) is 59.4 Å². The molecule has 0 aliphatic heterocycles. The molecular weight excluding hydrogens is 566 g/mol. The Labute approximate surface area is 234 Å². The van der Waals surface area contributed by atoms with Crippen LogP contribution in [0.2, 0.25) is 0 Å². The van der Waals surface area contributed by atoms with E-state index in [1.807, 2.05) is 0 Å². The number of nitrogen functional groups attached to an aromatic ring is 2. The Hall–Kier alpha value is -5.54. The SMILES string of the molecule is COc1cc(F)c(C(Nc2cc(OC(=O)C(F)(F)F)ccc2C(=N)N)c2nn(-c3ccccc3N)c(=O)[nH]2)cc1OC. The van der Waals surface area contributed by atoms with Gasteiger partial charge in [-0.05, 0) is 30.3 Å². The van der Waals surface area contributed by atoms with E-state index in [1.54, 1.807) is 12.1 Å². The molecule has 4 aromatic rings. The van der Waals surface area contributed by atoms with Gasteiger partial charge in [-0.15, -0.1) is 5.10 Å². The van der Waals surface area contributed by atoms with Crippen molar-refractivity contribution in [2.45, 2.75) is 12.2 Å². The first-order chi connectivity index (χ1) is 19.8. The summed E-state index contributed by atoms with van der Waals surface area (Å²) in [5.41, 5.74) is 11.0. The summed E-state index contributed by atoms with van der Waals surface area (Å²) in [6, 6.07) is 10.3. The number of para-hydroxylation sites is 2. The number of hydrogen-bond donors (Lipinski definition) is 5. The number of carbonyl (C=O) groups is 1. The smallest absolute Gasteiger partial charge is 0.491 e. The molecule has 1 atom stereocenters. The number of nitrogens with zero attached hydrogens (tertiary/aromatic N) is 2. The molecule has 4 rings (SSSR count). The Morgan fingerprint density at radius 2 is 1.76 bits per heavy atom. The van der Waals surface area contributed by atoms with Gasteiger partial charge in [-0.2, -0.15) is 17.9 Å². The average Bonchev–Trinajstić information content (AvgIpc) is 3.32. The first-order valence-corrected chi connectivity index (χ1v) is 11.8. The van der Waals surface area contributed by atoms with Crippen molar-refractivity contribution in [1.82, 2.24) is 14.8 Å². The molecule has 42 heavy (non-hydrogen) atoms. The van der Waals surface area contributed by atoms with Crippen molar-refractivity contribution in [1.29, 1.82) is 5.41 Å². The fourth-order valence-corrected chi connectivity index (χ4v) is 3.96. The molecule has 0 aliphatic rings. The second kappa shape index (κ2) is 11.5. The average molecular weight is 590 g/mol. The number of alkyl halides is 3. The van der Waals surface area contributed by atoms with Crippen LogP contribution in [-0.2, 0) is 4.79 Å². The highest BCUT2D eigenvalue weighted by molar-refractivity contribution is 6.00. The molecular formula is C26H23F4N7O5. The molecule has 0 saturated carbocycles. The Bertz CT molecular complexity index is 1720. The molecule has 1 heterocycles. The van der Waals surface area contributed by atoms with Crippen LogP contribution in [0.4, 0.5) is 28.9 Å². The minimum absolute atomic E-state index is 0.0408. The molecule has 0 bridgehead atoms. The molecule has 0 fully saturated rings. The molecule has 0 spiro atoms. The van der Waals surface area contributed by atoms with Gasteiger partial charge in [0.1, 0.15) is 23.4 Å². The zero-order valence-electron chi connectivity index (χ0n) is 21.9. The zero-order chi connectivity index (χ0) is 30.8. The minimum atomic E-state index is -5.29. The van der Waals surface area contributed by atoms with Gasteiger partial charge in [0.25, 0.3) is 0 Å². The van der Waals surface area contributed by atoms with Crippen LogP contribution in [0.5, 0.6) is 17.2 Å². The van der Waals surface area contributed by atoms with Gasteiger partial charge in [-0.25, -0.2) is 14.0 Å². The standard InChI is InChI=1S/C26H23F4N7O5/c1-40-19-10-14(15(27)11-20(19)41-2)21(23-35-25(39)37(36-23)18-6-4-3-5-16(18)31)34-17-9-12(7-8-13(17)22(32)33)42-24(38)26(28,29)30/h3-11,21,34H,31H2,1-2H3,(H3,32,33)(H,35,36,39). The maximum absolute atomic E-state index is 15.5. The third-order valence-corrected chi connectivity index (χ3v) is 5.91. The van der Waals surface area contributed by atoms with Crippen LogP contribution in [0, 0.1) is 11.2 Å². The molecule has 0 aliphatic carbocycles. The lowest BCUT2D eigenvalue weighted by atomic mass is 10.0. The summed E-state index contributed by atoms with van der Waals surface area (Å²) in [6.07, 6.45) is -5.29. The molecule has 16 heteroatoms. The summed E-state index contributed by atoms with van der Waals surface area (Å²) in [4.78, 5) is 26.9. The number of carbonyl (C=O) groups excluding carboxylic acids is 1. The van der Waals surface area contributed by atoms with Crippen LogP contribution < -0.4 is 36.7 Å². The number of aromatic amines is 1. The van der Waals surface area contributed by atoms with Gasteiger partial charge in [0.15, 0.2) is 17.3 Å². The summed E-state index contributed by atoms with van der Waals surface area (Å²) >= 11 is 0. The van der Waals surface area contributed by atoms with Gasteiger partial charge in [-0.3, -0.25) is 10.4 Å². The summed E-state index contributed by atoms with van der Waals surface area (Å²) in [5.74, 6) is -4.49. The minimum Gasteiger partial charge on any atom is -0.493 e. The van der Waals surface area contributed by atoms with E-state index in [4.69, 9.17) is 26.4 Å². The number of esters is 1. The van der Waals surface area contributed by atoms with E-state index in [0.29, 0.717) is 0 Å². The number of nitrogens with one attached hydrogen (secondary N) is 3. The Morgan fingerprint density at radius 1 is 1.10 bits per heavy atom. The van der Waals surface area contributed by atoms with Crippen molar-refractivity contribution in [3.63, 3.8) is 0 Å². The van der Waals surface area contributed by atoms with Crippen molar-refractivity contribution in [3.05, 3.63) is 87.9 Å². The Kier molecular flexibility index (Phi) is 8.08. The third-order valence-electron chi connectivity index (χ3n) is 5.91. The topological polar surface area (TPSA) is 183 Å². The summed E-state index contributed by atoms with van der Waals surface area (Å²) < 4.78 is 69.8. The van der Waals surface area contributed by atoms with E-state index in [-0.39, 0.29) is 45.5 Å². The third kappa shape index (κ3) is 5.96. The lowest BCUT2D eigenvalue weighted by Crippen LogP contribution is -2.28. The van der Waals surface area contributed by atoms with Crippen molar-refractivity contribution in [2.75, 3.05) is 25.3 Å². The second-order valence-electron chi connectivity index (χ2n) is 8.60. The number of halogens is 4. The number of H-pyrrole nitrogens is 1. The van der Waals surface area contributed by atoms with Crippen LogP contribution in [0.3, 0.4) is 0 Å². The highest BCUT2D eigenvalue weighted by atomic mass is 19.4. The van der Waals surface area contributed by atoms with Gasteiger partial charge in [-0.1, -0.05) is 12.1 Å². The van der Waals surface area contributed by atoms with E-state index >= 15 is 4.39 Å². The van der Waals surface area contributed by atoms with Crippen LogP contribution >= 0.6 is 0 Å². The Balaban J connectivity index is 1.90. The molecule has 1 aromatic heterocycles. The highest BCUT2D eigenvalue weighted by Crippen LogP contribution is 2.37. The summed E-state index contributed by atoms with van der Waals surface area (Å²) in [7, 11) is 2.60. The molecule has 0 saturated heterocycles. The molecule has 3 aromatic carbocycles. The lowest BCUT2D eigenvalue weighted by molar-refractivity contribution is -0.189. The molecule has 12 nitrogen and oxygen atoms in total. The predicted octanol–water partition coefficient (Wildman–Crippen LogP) is 3.25. The van der Waals surface area contributed by atoms with Gasteiger partial charge in [0, 0.05) is 28.9 Å². The van der Waals surface area contributed by atoms with Crippen LogP contribution in [-0.4, -0.2) is 47.0 Å². The fourth-order valence-electron chi connectivity index (χ4n) is 3.96. The summed E-state index contributed by atoms with van der Waals surface area (Å²) in [5, 5.41) is 15.0. The highest BCUT2D eigenvalue weighted by Gasteiger charge is 2.41. The number of methoxy groups -OCH3 is 2. The second-order valence-corrected chi connectivity index (χ2v) is 8.60. The van der Waals surface area contributed by atoms with Gasteiger partial charge >= 0.3 is 17.8 Å². The predicted molar refractivity (Wildman–Crippen MR) is 143 cm³/mol. The fraction of sp³-hybridized carbons (Fsp3) is 0.154. The van der Waals surface area contributed by atoms with E-state index in [0.717, 1.165) is 28.9 Å². The van der Waals surface area contributed by atoms with Gasteiger partial charge in [0.2, 0.25) is 0 Å². The zero-order valence-corrected chi connectivity index (χ0v) is 21.9. The number of anilines is 2. The molecule has 220 valence electrons. The van der Waals surface area contributed by atoms with Gasteiger partial charge < -0.3 is 31.0 Å². The van der Waals surface area contributed by atoms with Gasteiger partial charge in [0.05, 0.1) is 25.6 Å². The van der Waals surface area contributed by atoms with E-state index in [9.17, 15) is 22.8 Å². The number of benzene rings is 3. The molecule has 1 unspecified atom stereocenters. The lowest BCUT2D eigenvalue weighted by Gasteiger charge is -2.22. The number of ether oxygens (including phenoxy) is 3. The quantitative estimate of drug-likeness (QED) is 0.0488. The monoisotopic (exact) mass is 589 g/mol. The first-order valence-electron chi connectivity index (χ1n) is 11.8.